The van der Waals surface area contributed by atoms with Crippen LogP contribution in [0.25, 0.3) is 0 Å². The van der Waals surface area contributed by atoms with Crippen LogP contribution in [0.2, 0.25) is 0 Å². The lowest BCUT2D eigenvalue weighted by Crippen LogP contribution is -2.47. The molecule has 2 heterocycles. The van der Waals surface area contributed by atoms with Crippen molar-refractivity contribution in [3.05, 3.63) is 0 Å². The van der Waals surface area contributed by atoms with Crippen LogP contribution in [0.1, 0.15) is 25.7 Å². The molecule has 2 aliphatic rings. The van der Waals surface area contributed by atoms with Gasteiger partial charge in [-0.2, -0.15) is 0 Å². The molecule has 0 aliphatic carbocycles. The number of amides is 1. The molecular weight excluding hydrogens is 192 g/mol. The summed E-state index contributed by atoms with van der Waals surface area (Å²) in [6, 6.07) is 0.382. The van der Waals surface area contributed by atoms with E-state index in [2.05, 4.69) is 5.32 Å². The zero-order chi connectivity index (χ0) is 10.7. The summed E-state index contributed by atoms with van der Waals surface area (Å²) in [4.78, 5) is 14.1. The number of nitrogens with zero attached hydrogens (tertiary/aromatic N) is 1. The van der Waals surface area contributed by atoms with E-state index in [-0.39, 0.29) is 11.9 Å². The molecule has 4 nitrogen and oxygen atoms in total. The van der Waals surface area contributed by atoms with Crippen LogP contribution in [-0.4, -0.2) is 49.7 Å². The van der Waals surface area contributed by atoms with Crippen molar-refractivity contribution < 1.29 is 9.53 Å². The van der Waals surface area contributed by atoms with Gasteiger partial charge in [0.2, 0.25) is 5.91 Å². The second kappa shape index (κ2) is 4.94. The van der Waals surface area contributed by atoms with Gasteiger partial charge in [-0.25, -0.2) is 0 Å². The van der Waals surface area contributed by atoms with Gasteiger partial charge in [-0.1, -0.05) is 0 Å². The summed E-state index contributed by atoms with van der Waals surface area (Å²) in [7, 11) is 1.70. The maximum absolute atomic E-state index is 12.1. The lowest BCUT2D eigenvalue weighted by atomic mass is 10.2. The smallest absolute Gasteiger partial charge is 0.240 e. The molecule has 0 saturated carbocycles. The van der Waals surface area contributed by atoms with Crippen LogP contribution in [0.3, 0.4) is 0 Å². The van der Waals surface area contributed by atoms with Crippen LogP contribution in [-0.2, 0) is 9.53 Å². The highest BCUT2D eigenvalue weighted by Gasteiger charge is 2.33. The first kappa shape index (κ1) is 10.9. The quantitative estimate of drug-likeness (QED) is 0.735. The van der Waals surface area contributed by atoms with E-state index in [1.54, 1.807) is 7.11 Å². The fraction of sp³-hybridized carbons (Fsp3) is 0.909. The molecule has 0 aromatic rings. The maximum atomic E-state index is 12.1. The largest absolute Gasteiger partial charge is 0.383 e. The van der Waals surface area contributed by atoms with Crippen LogP contribution in [0.4, 0.5) is 0 Å². The Morgan fingerprint density at radius 2 is 2.33 bits per heavy atom. The van der Waals surface area contributed by atoms with E-state index >= 15 is 0 Å². The molecule has 0 radical (unpaired) electrons. The minimum absolute atomic E-state index is 0.0717. The maximum Gasteiger partial charge on any atom is 0.240 e. The Bertz CT molecular complexity index is 227. The van der Waals surface area contributed by atoms with Gasteiger partial charge in [0.15, 0.2) is 0 Å². The molecule has 0 unspecified atom stereocenters. The molecule has 2 atom stereocenters. The Balaban J connectivity index is 1.92. The van der Waals surface area contributed by atoms with E-state index in [1.165, 1.54) is 0 Å². The molecule has 0 aromatic carbocycles. The van der Waals surface area contributed by atoms with Crippen molar-refractivity contribution in [1.82, 2.24) is 10.2 Å². The number of ether oxygens (including phenoxy) is 1. The molecule has 86 valence electrons. The summed E-state index contributed by atoms with van der Waals surface area (Å²) in [5.41, 5.74) is 0. The van der Waals surface area contributed by atoms with Gasteiger partial charge < -0.3 is 15.0 Å². The van der Waals surface area contributed by atoms with Gasteiger partial charge in [0, 0.05) is 13.7 Å². The van der Waals surface area contributed by atoms with Crippen LogP contribution in [0.5, 0.6) is 0 Å². The topological polar surface area (TPSA) is 41.6 Å². The number of likely N-dealkylation sites (tertiary alicyclic amines) is 1. The minimum atomic E-state index is 0.0717. The summed E-state index contributed by atoms with van der Waals surface area (Å²) in [5.74, 6) is 0.284. The van der Waals surface area contributed by atoms with Crippen molar-refractivity contribution in [2.75, 3.05) is 26.8 Å². The Morgan fingerprint density at radius 1 is 1.47 bits per heavy atom. The second-order valence-corrected chi connectivity index (χ2v) is 4.43. The molecule has 2 fully saturated rings. The highest BCUT2D eigenvalue weighted by atomic mass is 16.5. The molecule has 2 saturated heterocycles. The molecule has 2 aliphatic heterocycles. The first-order chi connectivity index (χ1) is 7.33. The summed E-state index contributed by atoms with van der Waals surface area (Å²) < 4.78 is 5.15. The zero-order valence-corrected chi connectivity index (χ0v) is 9.37. The minimum Gasteiger partial charge on any atom is -0.383 e. The monoisotopic (exact) mass is 212 g/mol. The van der Waals surface area contributed by atoms with Crippen molar-refractivity contribution in [3.63, 3.8) is 0 Å². The van der Waals surface area contributed by atoms with Crippen molar-refractivity contribution in [1.29, 1.82) is 0 Å². The Morgan fingerprint density at radius 3 is 3.00 bits per heavy atom. The number of methoxy groups -OCH3 is 1. The highest BCUT2D eigenvalue weighted by molar-refractivity contribution is 5.82. The number of carbonyl (C=O) groups is 1. The van der Waals surface area contributed by atoms with E-state index in [0.29, 0.717) is 12.6 Å². The van der Waals surface area contributed by atoms with Gasteiger partial charge in [0.1, 0.15) is 0 Å². The normalized spacial score (nSPS) is 31.1. The number of rotatable bonds is 3. The van der Waals surface area contributed by atoms with E-state index < -0.39 is 0 Å². The lowest BCUT2D eigenvalue weighted by Gasteiger charge is -2.26. The molecule has 0 bridgehead atoms. The third kappa shape index (κ3) is 2.32. The van der Waals surface area contributed by atoms with Gasteiger partial charge >= 0.3 is 0 Å². The number of hydrogen-bond donors (Lipinski definition) is 1. The predicted octanol–water partition coefficient (Wildman–Crippen LogP) is 0.376. The Labute approximate surface area is 91.0 Å². The average molecular weight is 212 g/mol. The molecule has 4 heteroatoms. The van der Waals surface area contributed by atoms with Gasteiger partial charge in [0.25, 0.3) is 0 Å². The van der Waals surface area contributed by atoms with Crippen LogP contribution < -0.4 is 5.32 Å². The molecule has 2 rings (SSSR count). The number of hydrogen-bond acceptors (Lipinski definition) is 3. The summed E-state index contributed by atoms with van der Waals surface area (Å²) in [6.45, 7) is 2.57. The van der Waals surface area contributed by atoms with Gasteiger partial charge in [-0.3, -0.25) is 4.79 Å². The second-order valence-electron chi connectivity index (χ2n) is 4.43. The first-order valence-electron chi connectivity index (χ1n) is 5.85. The van der Waals surface area contributed by atoms with E-state index in [9.17, 15) is 4.79 Å². The molecule has 0 spiro atoms. The summed E-state index contributed by atoms with van der Waals surface area (Å²) in [6.07, 6.45) is 4.33. The lowest BCUT2D eigenvalue weighted by molar-refractivity contribution is -0.134. The molecule has 0 aromatic heterocycles. The Hall–Kier alpha value is -0.610. The third-order valence-electron chi connectivity index (χ3n) is 3.38. The first-order valence-corrected chi connectivity index (χ1v) is 5.85. The molecular formula is C11H20N2O2. The Kier molecular flexibility index (Phi) is 3.59. The number of nitrogens with one attached hydrogen (secondary N) is 1. The van der Waals surface area contributed by atoms with Gasteiger partial charge in [-0.15, -0.1) is 0 Å². The van der Waals surface area contributed by atoms with Gasteiger partial charge in [0.05, 0.1) is 18.7 Å². The van der Waals surface area contributed by atoms with Crippen molar-refractivity contribution in [3.8, 4) is 0 Å². The van der Waals surface area contributed by atoms with Crippen molar-refractivity contribution >= 4 is 5.91 Å². The fourth-order valence-corrected chi connectivity index (χ4v) is 2.59. The highest BCUT2D eigenvalue weighted by Crippen LogP contribution is 2.20. The molecule has 1 amide bonds. The summed E-state index contributed by atoms with van der Waals surface area (Å²) in [5, 5.41) is 3.26. The average Bonchev–Trinajstić information content (AvgIpc) is 2.87. The predicted molar refractivity (Wildman–Crippen MR) is 57.6 cm³/mol. The van der Waals surface area contributed by atoms with E-state index in [4.69, 9.17) is 4.74 Å². The van der Waals surface area contributed by atoms with Crippen LogP contribution >= 0.6 is 0 Å². The van der Waals surface area contributed by atoms with Gasteiger partial charge in [-0.05, 0) is 32.2 Å². The van der Waals surface area contributed by atoms with Crippen LogP contribution in [0.15, 0.2) is 0 Å². The fourth-order valence-electron chi connectivity index (χ4n) is 2.59. The van der Waals surface area contributed by atoms with Crippen molar-refractivity contribution in [2.24, 2.45) is 0 Å². The molecule has 1 N–H and O–H groups in total. The van der Waals surface area contributed by atoms with E-state index in [1.807, 2.05) is 4.90 Å². The standard InChI is InChI=1S/C11H20N2O2/c1-15-8-9-4-3-7-13(9)11(14)10-5-2-6-12-10/h9-10,12H,2-8H2,1H3/t9-,10-/m0/s1. The van der Waals surface area contributed by atoms with Crippen molar-refractivity contribution in [2.45, 2.75) is 37.8 Å². The van der Waals surface area contributed by atoms with Crippen LogP contribution in [0, 0.1) is 0 Å². The van der Waals surface area contributed by atoms with E-state index in [0.717, 1.165) is 38.8 Å². The SMILES string of the molecule is COC[C@@H]1CCCN1C(=O)[C@@H]1CCCN1. The zero-order valence-electron chi connectivity index (χ0n) is 9.37. The third-order valence-corrected chi connectivity index (χ3v) is 3.38. The summed E-state index contributed by atoms with van der Waals surface area (Å²) >= 11 is 0. The number of carbonyl (C=O) groups excluding carboxylic acids is 1. The molecule has 15 heavy (non-hydrogen) atoms.